The van der Waals surface area contributed by atoms with Crippen LogP contribution in [0.15, 0.2) is 64.9 Å². The monoisotopic (exact) mass is 489 g/mol. The first-order valence-corrected chi connectivity index (χ1v) is 11.7. The standard InChI is InChI=1S/C26H31N7O3/c1-17-3-4-21(36-12-9-33-7-10-35-11-8-33)14-22(17)31-25-24-19(5-6-29-26(24)34)13-23(32-25)20(15-27)16-30-18(2)28/h3-6,13-16H,2,7-12,27-28H2,1H3,(H,29,34)(H,31,32)/b20-15+,30-16?. The van der Waals surface area contributed by atoms with Crippen LogP contribution in [0.3, 0.4) is 0 Å². The first kappa shape index (κ1) is 25.0. The van der Waals surface area contributed by atoms with E-state index in [-0.39, 0.29) is 11.4 Å². The number of pyridine rings is 2. The van der Waals surface area contributed by atoms with Gasteiger partial charge in [0.05, 0.1) is 24.3 Å². The number of nitrogens with two attached hydrogens (primary N) is 2. The molecule has 2 aromatic heterocycles. The molecule has 1 aromatic carbocycles. The van der Waals surface area contributed by atoms with Crippen molar-refractivity contribution in [2.75, 3.05) is 44.8 Å². The van der Waals surface area contributed by atoms with Gasteiger partial charge in [0.25, 0.3) is 5.56 Å². The molecule has 0 spiro atoms. The van der Waals surface area contributed by atoms with Gasteiger partial charge in [-0.25, -0.2) is 9.98 Å². The number of aryl methyl sites for hydroxylation is 1. The minimum atomic E-state index is -0.258. The number of fused-ring (bicyclic) bond motifs is 1. The number of morpholine rings is 1. The summed E-state index contributed by atoms with van der Waals surface area (Å²) in [5.41, 5.74) is 13.9. The van der Waals surface area contributed by atoms with Crippen molar-refractivity contribution in [3.8, 4) is 5.75 Å². The Balaban J connectivity index is 1.63. The number of aromatic amines is 1. The summed E-state index contributed by atoms with van der Waals surface area (Å²) in [7, 11) is 0. The van der Waals surface area contributed by atoms with Crippen molar-refractivity contribution in [1.29, 1.82) is 0 Å². The Hall–Kier alpha value is -4.15. The first-order chi connectivity index (χ1) is 17.4. The first-order valence-electron chi connectivity index (χ1n) is 11.7. The van der Waals surface area contributed by atoms with Gasteiger partial charge in [-0.2, -0.15) is 0 Å². The fourth-order valence-corrected chi connectivity index (χ4v) is 3.87. The summed E-state index contributed by atoms with van der Waals surface area (Å²) in [6.45, 7) is 10.3. The second kappa shape index (κ2) is 11.5. The summed E-state index contributed by atoms with van der Waals surface area (Å²) >= 11 is 0. The molecule has 36 heavy (non-hydrogen) atoms. The maximum atomic E-state index is 12.7. The number of hydrogen-bond donors (Lipinski definition) is 4. The van der Waals surface area contributed by atoms with Gasteiger partial charge in [0.1, 0.15) is 24.0 Å². The smallest absolute Gasteiger partial charge is 0.259 e. The molecule has 0 amide bonds. The Labute approximate surface area is 209 Å². The van der Waals surface area contributed by atoms with Crippen LogP contribution in [0.5, 0.6) is 5.75 Å². The summed E-state index contributed by atoms with van der Waals surface area (Å²) in [5.74, 6) is 1.25. The lowest BCUT2D eigenvalue weighted by atomic mass is 10.1. The van der Waals surface area contributed by atoms with Gasteiger partial charge in [-0.05, 0) is 36.1 Å². The van der Waals surface area contributed by atoms with Crippen LogP contribution in [0.1, 0.15) is 11.3 Å². The number of allylic oxidation sites excluding steroid dienone is 1. The minimum Gasteiger partial charge on any atom is -0.492 e. The molecule has 4 rings (SSSR count). The van der Waals surface area contributed by atoms with Crippen molar-refractivity contribution in [3.63, 3.8) is 0 Å². The van der Waals surface area contributed by atoms with Gasteiger partial charge in [-0.1, -0.05) is 12.6 Å². The summed E-state index contributed by atoms with van der Waals surface area (Å²) in [6.07, 6.45) is 4.46. The number of hydrogen-bond acceptors (Lipinski definition) is 9. The fraction of sp³-hybridized carbons (Fsp3) is 0.269. The molecule has 10 nitrogen and oxygen atoms in total. The van der Waals surface area contributed by atoms with Gasteiger partial charge in [0.15, 0.2) is 0 Å². The molecule has 1 aliphatic rings. The maximum absolute atomic E-state index is 12.7. The van der Waals surface area contributed by atoms with Crippen LogP contribution in [0.4, 0.5) is 11.5 Å². The predicted molar refractivity (Wildman–Crippen MR) is 144 cm³/mol. The highest BCUT2D eigenvalue weighted by molar-refractivity contribution is 6.10. The van der Waals surface area contributed by atoms with E-state index in [9.17, 15) is 4.79 Å². The minimum absolute atomic E-state index is 0.144. The van der Waals surface area contributed by atoms with Crippen LogP contribution in [-0.4, -0.2) is 60.5 Å². The maximum Gasteiger partial charge on any atom is 0.259 e. The Morgan fingerprint density at radius 3 is 2.89 bits per heavy atom. The zero-order chi connectivity index (χ0) is 25.5. The zero-order valence-electron chi connectivity index (χ0n) is 20.3. The summed E-state index contributed by atoms with van der Waals surface area (Å²) in [5, 5.41) is 4.45. The van der Waals surface area contributed by atoms with Crippen LogP contribution >= 0.6 is 0 Å². The molecular weight excluding hydrogens is 458 g/mol. The summed E-state index contributed by atoms with van der Waals surface area (Å²) in [6, 6.07) is 9.38. The van der Waals surface area contributed by atoms with E-state index in [1.165, 1.54) is 12.4 Å². The average Bonchev–Trinajstić information content (AvgIpc) is 2.87. The molecular formula is C26H31N7O3. The van der Waals surface area contributed by atoms with Crippen LogP contribution < -0.4 is 27.1 Å². The van der Waals surface area contributed by atoms with Crippen LogP contribution in [-0.2, 0) is 4.74 Å². The highest BCUT2D eigenvalue weighted by Gasteiger charge is 2.14. The van der Waals surface area contributed by atoms with Gasteiger partial charge in [-0.15, -0.1) is 0 Å². The molecule has 0 bridgehead atoms. The predicted octanol–water partition coefficient (Wildman–Crippen LogP) is 2.49. The van der Waals surface area contributed by atoms with E-state index >= 15 is 0 Å². The Bertz CT molecular complexity index is 1360. The van der Waals surface area contributed by atoms with Gasteiger partial charge in [0, 0.05) is 55.6 Å². The van der Waals surface area contributed by atoms with E-state index < -0.39 is 0 Å². The third kappa shape index (κ3) is 6.09. The molecule has 3 aromatic rings. The van der Waals surface area contributed by atoms with Crippen molar-refractivity contribution in [3.05, 3.63) is 76.7 Å². The quantitative estimate of drug-likeness (QED) is 0.336. The van der Waals surface area contributed by atoms with E-state index in [1.807, 2.05) is 25.1 Å². The van der Waals surface area contributed by atoms with Gasteiger partial charge >= 0.3 is 0 Å². The Kier molecular flexibility index (Phi) is 7.99. The fourth-order valence-electron chi connectivity index (χ4n) is 3.87. The largest absolute Gasteiger partial charge is 0.492 e. The molecule has 0 aliphatic carbocycles. The van der Waals surface area contributed by atoms with E-state index in [0.29, 0.717) is 34.5 Å². The third-order valence-electron chi connectivity index (χ3n) is 5.84. The van der Waals surface area contributed by atoms with E-state index in [0.717, 1.165) is 49.8 Å². The number of benzene rings is 1. The normalized spacial score (nSPS) is 14.9. The van der Waals surface area contributed by atoms with Gasteiger partial charge < -0.3 is 31.2 Å². The molecule has 0 radical (unpaired) electrons. The Morgan fingerprint density at radius 1 is 1.33 bits per heavy atom. The number of nitrogens with one attached hydrogen (secondary N) is 2. The molecule has 188 valence electrons. The SMILES string of the molecule is C=C(N)N=C/C(=C\N)c1cc2cc[nH]c(=O)c2c(Nc2cc(OCCN3CCOCC3)ccc2C)n1. The molecule has 1 saturated heterocycles. The summed E-state index contributed by atoms with van der Waals surface area (Å²) < 4.78 is 11.4. The molecule has 10 heteroatoms. The van der Waals surface area contributed by atoms with Crippen LogP contribution in [0.25, 0.3) is 16.3 Å². The number of nitrogens with zero attached hydrogens (tertiary/aromatic N) is 3. The molecule has 1 aliphatic heterocycles. The molecule has 1 fully saturated rings. The van der Waals surface area contributed by atoms with Gasteiger partial charge in [-0.3, -0.25) is 9.69 Å². The Morgan fingerprint density at radius 2 is 2.14 bits per heavy atom. The van der Waals surface area contributed by atoms with E-state index in [4.69, 9.17) is 25.9 Å². The average molecular weight is 490 g/mol. The number of rotatable bonds is 9. The van der Waals surface area contributed by atoms with Crippen molar-refractivity contribution in [1.82, 2.24) is 14.9 Å². The second-order valence-electron chi connectivity index (χ2n) is 8.40. The van der Waals surface area contributed by atoms with Gasteiger partial charge in [0.2, 0.25) is 0 Å². The van der Waals surface area contributed by atoms with Crippen molar-refractivity contribution in [2.45, 2.75) is 6.92 Å². The zero-order valence-corrected chi connectivity index (χ0v) is 20.3. The molecule has 0 atom stereocenters. The number of ether oxygens (including phenoxy) is 2. The van der Waals surface area contributed by atoms with Crippen molar-refractivity contribution >= 4 is 34.1 Å². The topological polar surface area (TPSA) is 144 Å². The second-order valence-corrected chi connectivity index (χ2v) is 8.40. The molecule has 0 unspecified atom stereocenters. The van der Waals surface area contributed by atoms with Crippen LogP contribution in [0, 0.1) is 6.92 Å². The van der Waals surface area contributed by atoms with E-state index in [2.05, 4.69) is 26.8 Å². The number of aliphatic imine (C=N–C) groups is 1. The lowest BCUT2D eigenvalue weighted by Crippen LogP contribution is -2.38. The molecule has 6 N–H and O–H groups in total. The number of aromatic nitrogens is 2. The summed E-state index contributed by atoms with van der Waals surface area (Å²) in [4.78, 5) is 26.5. The highest BCUT2D eigenvalue weighted by Crippen LogP contribution is 2.29. The lowest BCUT2D eigenvalue weighted by molar-refractivity contribution is 0.0322. The van der Waals surface area contributed by atoms with E-state index in [1.54, 1.807) is 18.3 Å². The van der Waals surface area contributed by atoms with Crippen molar-refractivity contribution < 1.29 is 9.47 Å². The molecule has 0 saturated carbocycles. The van der Waals surface area contributed by atoms with Crippen LogP contribution in [0.2, 0.25) is 0 Å². The lowest BCUT2D eigenvalue weighted by Gasteiger charge is -2.26. The number of anilines is 2. The number of H-pyrrole nitrogens is 1. The molecule has 3 heterocycles. The highest BCUT2D eigenvalue weighted by atomic mass is 16.5. The van der Waals surface area contributed by atoms with Crippen molar-refractivity contribution in [2.24, 2.45) is 16.5 Å². The third-order valence-corrected chi connectivity index (χ3v) is 5.84.